The molecule has 2 heteroatoms. The van der Waals surface area contributed by atoms with Gasteiger partial charge in [0.2, 0.25) is 0 Å². The molecule has 0 saturated heterocycles. The second-order valence-corrected chi connectivity index (χ2v) is 4.21. The van der Waals surface area contributed by atoms with E-state index >= 15 is 0 Å². The second-order valence-electron chi connectivity index (χ2n) is 4.21. The third kappa shape index (κ3) is 2.77. The summed E-state index contributed by atoms with van der Waals surface area (Å²) in [5, 5.41) is 3.17. The molecule has 1 N–H and O–H groups in total. The minimum absolute atomic E-state index is 0. The van der Waals surface area contributed by atoms with Gasteiger partial charge in [0, 0.05) is 20.0 Å². The van der Waals surface area contributed by atoms with Crippen LogP contribution in [0.4, 0.5) is 0 Å². The first-order valence-electron chi connectivity index (χ1n) is 6.02. The summed E-state index contributed by atoms with van der Waals surface area (Å²) in [4.78, 5) is 0. The molecule has 92 valence electrons. The fourth-order valence-electron chi connectivity index (χ4n) is 2.17. The maximum atomic E-state index is 5.47. The number of methoxy groups -OCH3 is 1. The SMILES string of the molecule is CNCc1cccc(C2=C(OC)CCC=C2)c1.[HH]. The highest BCUT2D eigenvalue weighted by Gasteiger charge is 2.10. The van der Waals surface area contributed by atoms with Crippen molar-refractivity contribution in [2.24, 2.45) is 0 Å². The molecule has 1 aliphatic rings. The van der Waals surface area contributed by atoms with Gasteiger partial charge >= 0.3 is 0 Å². The van der Waals surface area contributed by atoms with E-state index in [-0.39, 0.29) is 1.43 Å². The number of hydrogen-bond donors (Lipinski definition) is 1. The molecule has 0 fully saturated rings. The Morgan fingerprint density at radius 1 is 1.41 bits per heavy atom. The summed E-state index contributed by atoms with van der Waals surface area (Å²) in [5.41, 5.74) is 3.76. The van der Waals surface area contributed by atoms with Crippen LogP contribution in [0.2, 0.25) is 0 Å². The summed E-state index contributed by atoms with van der Waals surface area (Å²) in [6.07, 6.45) is 6.45. The first kappa shape index (κ1) is 11.9. The molecule has 0 saturated carbocycles. The minimum atomic E-state index is 0. The lowest BCUT2D eigenvalue weighted by Gasteiger charge is -2.15. The van der Waals surface area contributed by atoms with Crippen molar-refractivity contribution in [3.8, 4) is 0 Å². The lowest BCUT2D eigenvalue weighted by atomic mass is 9.96. The minimum Gasteiger partial charge on any atom is -0.500 e. The van der Waals surface area contributed by atoms with E-state index in [1.54, 1.807) is 7.11 Å². The van der Waals surface area contributed by atoms with Crippen LogP contribution in [0.5, 0.6) is 0 Å². The van der Waals surface area contributed by atoms with Crippen molar-refractivity contribution in [1.29, 1.82) is 0 Å². The molecule has 17 heavy (non-hydrogen) atoms. The Labute approximate surface area is 104 Å². The second kappa shape index (κ2) is 5.69. The van der Waals surface area contributed by atoms with Gasteiger partial charge in [-0.3, -0.25) is 0 Å². The fourth-order valence-corrected chi connectivity index (χ4v) is 2.17. The van der Waals surface area contributed by atoms with Gasteiger partial charge < -0.3 is 10.1 Å². The summed E-state index contributed by atoms with van der Waals surface area (Å²) < 4.78 is 5.47. The van der Waals surface area contributed by atoms with E-state index < -0.39 is 0 Å². The van der Waals surface area contributed by atoms with Crippen molar-refractivity contribution < 1.29 is 6.16 Å². The van der Waals surface area contributed by atoms with Gasteiger partial charge in [-0.2, -0.15) is 0 Å². The van der Waals surface area contributed by atoms with Crippen LogP contribution in [0.25, 0.3) is 5.57 Å². The number of benzene rings is 1. The Morgan fingerprint density at radius 2 is 2.29 bits per heavy atom. The molecule has 0 aliphatic heterocycles. The van der Waals surface area contributed by atoms with Crippen molar-refractivity contribution in [3.05, 3.63) is 53.3 Å². The summed E-state index contributed by atoms with van der Waals surface area (Å²) in [6.45, 7) is 0.896. The van der Waals surface area contributed by atoms with Crippen LogP contribution >= 0.6 is 0 Å². The van der Waals surface area contributed by atoms with Crippen molar-refractivity contribution in [3.63, 3.8) is 0 Å². The zero-order valence-corrected chi connectivity index (χ0v) is 10.5. The van der Waals surface area contributed by atoms with Gasteiger partial charge in [0.05, 0.1) is 7.11 Å². The third-order valence-corrected chi connectivity index (χ3v) is 2.99. The largest absolute Gasteiger partial charge is 0.500 e. The molecular formula is C15H21NO. The standard InChI is InChI=1S/C15H19NO.H2/c1-16-11-12-6-5-7-13(10-12)14-8-3-4-9-15(14)17-2;/h3,5-8,10,16H,4,9,11H2,1-2H3;1H. The van der Waals surface area contributed by atoms with Crippen LogP contribution in [-0.2, 0) is 11.3 Å². The van der Waals surface area contributed by atoms with E-state index in [1.165, 1.54) is 16.7 Å². The Hall–Kier alpha value is -1.54. The molecule has 0 aromatic heterocycles. The Kier molecular flexibility index (Phi) is 3.99. The average molecular weight is 231 g/mol. The summed E-state index contributed by atoms with van der Waals surface area (Å²) in [5.74, 6) is 1.09. The number of hydrogen-bond acceptors (Lipinski definition) is 2. The molecule has 0 amide bonds. The lowest BCUT2D eigenvalue weighted by Crippen LogP contribution is -2.05. The predicted molar refractivity (Wildman–Crippen MR) is 73.6 cm³/mol. The van der Waals surface area contributed by atoms with Gasteiger partial charge in [0.1, 0.15) is 5.76 Å². The molecule has 0 heterocycles. The van der Waals surface area contributed by atoms with E-state index in [0.717, 1.165) is 25.1 Å². The third-order valence-electron chi connectivity index (χ3n) is 2.99. The van der Waals surface area contributed by atoms with Crippen LogP contribution in [0.1, 0.15) is 25.4 Å². The quantitative estimate of drug-likeness (QED) is 0.858. The van der Waals surface area contributed by atoms with Gasteiger partial charge in [-0.05, 0) is 30.7 Å². The van der Waals surface area contributed by atoms with Gasteiger partial charge in [-0.25, -0.2) is 0 Å². The van der Waals surface area contributed by atoms with Crippen molar-refractivity contribution in [2.45, 2.75) is 19.4 Å². The van der Waals surface area contributed by atoms with Crippen molar-refractivity contribution in [2.75, 3.05) is 14.2 Å². The van der Waals surface area contributed by atoms with Crippen LogP contribution in [-0.4, -0.2) is 14.2 Å². The molecule has 0 radical (unpaired) electrons. The highest BCUT2D eigenvalue weighted by molar-refractivity contribution is 5.76. The Balaban J connectivity index is 0.00000162. The molecular weight excluding hydrogens is 210 g/mol. The maximum absolute atomic E-state index is 5.47. The number of ether oxygens (including phenoxy) is 1. The topological polar surface area (TPSA) is 21.3 Å². The normalized spacial score (nSPS) is 15.2. The molecule has 0 spiro atoms. The van der Waals surface area contributed by atoms with Gasteiger partial charge in [-0.15, -0.1) is 0 Å². The van der Waals surface area contributed by atoms with Crippen molar-refractivity contribution >= 4 is 5.57 Å². The van der Waals surface area contributed by atoms with Crippen LogP contribution in [0.3, 0.4) is 0 Å². The van der Waals surface area contributed by atoms with E-state index in [1.807, 2.05) is 7.05 Å². The van der Waals surface area contributed by atoms with E-state index in [2.05, 4.69) is 41.7 Å². The lowest BCUT2D eigenvalue weighted by molar-refractivity contribution is 0.279. The van der Waals surface area contributed by atoms with Gasteiger partial charge in [0.15, 0.2) is 0 Å². The molecule has 0 bridgehead atoms. The number of allylic oxidation sites excluding steroid dienone is 4. The molecule has 0 unspecified atom stereocenters. The van der Waals surface area contributed by atoms with E-state index in [9.17, 15) is 0 Å². The highest BCUT2D eigenvalue weighted by atomic mass is 16.5. The Bertz CT molecular complexity index is 452. The predicted octanol–water partition coefficient (Wildman–Crippen LogP) is 3.36. The zero-order valence-electron chi connectivity index (χ0n) is 10.5. The fraction of sp³-hybridized carbons (Fsp3) is 0.333. The smallest absolute Gasteiger partial charge is 0.104 e. The molecule has 2 rings (SSSR count). The van der Waals surface area contributed by atoms with Crippen LogP contribution < -0.4 is 5.32 Å². The van der Waals surface area contributed by atoms with Crippen LogP contribution in [0, 0.1) is 0 Å². The van der Waals surface area contributed by atoms with Gasteiger partial charge in [0.25, 0.3) is 0 Å². The monoisotopic (exact) mass is 231 g/mol. The first-order valence-corrected chi connectivity index (χ1v) is 6.02. The average Bonchev–Trinajstić information content (AvgIpc) is 2.39. The molecule has 2 nitrogen and oxygen atoms in total. The summed E-state index contributed by atoms with van der Waals surface area (Å²) in [7, 11) is 3.72. The highest BCUT2D eigenvalue weighted by Crippen LogP contribution is 2.28. The summed E-state index contributed by atoms with van der Waals surface area (Å²) in [6, 6.07) is 8.61. The van der Waals surface area contributed by atoms with Crippen molar-refractivity contribution in [1.82, 2.24) is 5.32 Å². The molecule has 0 atom stereocenters. The summed E-state index contributed by atoms with van der Waals surface area (Å²) >= 11 is 0. The zero-order chi connectivity index (χ0) is 12.1. The number of nitrogens with one attached hydrogen (secondary N) is 1. The maximum Gasteiger partial charge on any atom is 0.104 e. The molecule has 1 aromatic carbocycles. The molecule has 1 aliphatic carbocycles. The first-order chi connectivity index (χ1) is 8.35. The van der Waals surface area contributed by atoms with E-state index in [4.69, 9.17) is 4.74 Å². The number of rotatable bonds is 4. The van der Waals surface area contributed by atoms with E-state index in [0.29, 0.717) is 0 Å². The Morgan fingerprint density at radius 3 is 3.06 bits per heavy atom. The van der Waals surface area contributed by atoms with Crippen LogP contribution in [0.15, 0.2) is 42.2 Å². The molecule has 1 aromatic rings. The van der Waals surface area contributed by atoms with Gasteiger partial charge in [-0.1, -0.05) is 30.4 Å².